The van der Waals surface area contributed by atoms with Crippen LogP contribution in [-0.4, -0.2) is 24.0 Å². The van der Waals surface area contributed by atoms with Gasteiger partial charge in [0.1, 0.15) is 0 Å². The second-order valence-electron chi connectivity index (χ2n) is 6.25. The molecule has 2 unspecified atom stereocenters. The van der Waals surface area contributed by atoms with E-state index in [9.17, 15) is 0 Å². The van der Waals surface area contributed by atoms with E-state index in [0.29, 0.717) is 18.0 Å². The molecule has 1 heterocycles. The van der Waals surface area contributed by atoms with Crippen molar-refractivity contribution in [2.75, 3.05) is 13.1 Å². The zero-order valence-electron chi connectivity index (χ0n) is 12.8. The number of nitrogens with zero attached hydrogens (tertiary/aromatic N) is 1. The topological polar surface area (TPSA) is 29.3 Å². The van der Waals surface area contributed by atoms with Gasteiger partial charge in [0.05, 0.1) is 0 Å². The van der Waals surface area contributed by atoms with E-state index in [1.807, 2.05) is 0 Å². The Labute approximate surface area is 118 Å². The predicted molar refractivity (Wildman–Crippen MR) is 82.3 cm³/mol. The number of hydrogen-bond donors (Lipinski definition) is 1. The first-order valence-corrected chi connectivity index (χ1v) is 7.58. The fraction of sp³-hybridized carbons (Fsp3) is 0.647. The molecular formula is C17H28N2. The average molecular weight is 260 g/mol. The van der Waals surface area contributed by atoms with Crippen LogP contribution in [-0.2, 0) is 0 Å². The van der Waals surface area contributed by atoms with E-state index in [0.717, 1.165) is 6.54 Å². The Kier molecular flexibility index (Phi) is 4.64. The van der Waals surface area contributed by atoms with Gasteiger partial charge in [0.25, 0.3) is 0 Å². The first-order valence-electron chi connectivity index (χ1n) is 7.58. The predicted octanol–water partition coefficient (Wildman–Crippen LogP) is 3.42. The molecule has 1 aromatic carbocycles. The van der Waals surface area contributed by atoms with Crippen LogP contribution in [0.3, 0.4) is 0 Å². The molecule has 1 aromatic rings. The van der Waals surface area contributed by atoms with Crippen LogP contribution < -0.4 is 5.73 Å². The summed E-state index contributed by atoms with van der Waals surface area (Å²) >= 11 is 0. The molecule has 1 fully saturated rings. The highest BCUT2D eigenvalue weighted by molar-refractivity contribution is 5.36. The van der Waals surface area contributed by atoms with Crippen molar-refractivity contribution >= 4 is 0 Å². The molecule has 2 atom stereocenters. The zero-order chi connectivity index (χ0) is 14.0. The SMILES string of the molecule is Cc1cccc(C)c1C(CN)N1CCCC1C(C)C. The van der Waals surface area contributed by atoms with Crippen molar-refractivity contribution in [1.82, 2.24) is 4.90 Å². The Morgan fingerprint density at radius 3 is 2.42 bits per heavy atom. The summed E-state index contributed by atoms with van der Waals surface area (Å²) in [6.07, 6.45) is 2.63. The second-order valence-corrected chi connectivity index (χ2v) is 6.25. The first kappa shape index (κ1) is 14.5. The summed E-state index contributed by atoms with van der Waals surface area (Å²) < 4.78 is 0. The fourth-order valence-corrected chi connectivity index (χ4v) is 3.69. The summed E-state index contributed by atoms with van der Waals surface area (Å²) in [6.45, 7) is 11.0. The maximum Gasteiger partial charge on any atom is 0.0478 e. The van der Waals surface area contributed by atoms with Gasteiger partial charge >= 0.3 is 0 Å². The summed E-state index contributed by atoms with van der Waals surface area (Å²) in [7, 11) is 0. The number of rotatable bonds is 4. The van der Waals surface area contributed by atoms with Crippen molar-refractivity contribution in [3.05, 3.63) is 34.9 Å². The van der Waals surface area contributed by atoms with Crippen molar-refractivity contribution in [3.63, 3.8) is 0 Å². The molecule has 2 N–H and O–H groups in total. The Bertz CT molecular complexity index is 405. The van der Waals surface area contributed by atoms with Crippen LogP contribution in [0.5, 0.6) is 0 Å². The summed E-state index contributed by atoms with van der Waals surface area (Å²) in [5.41, 5.74) is 10.4. The van der Waals surface area contributed by atoms with Crippen LogP contribution in [0.4, 0.5) is 0 Å². The molecule has 0 radical (unpaired) electrons. The standard InChI is InChI=1S/C17H28N2/c1-12(2)15-9-6-10-19(15)16(11-18)17-13(3)7-5-8-14(17)4/h5,7-8,12,15-16H,6,9-11,18H2,1-4H3. The molecule has 0 aliphatic carbocycles. The minimum Gasteiger partial charge on any atom is -0.329 e. The lowest BCUT2D eigenvalue weighted by molar-refractivity contribution is 0.148. The van der Waals surface area contributed by atoms with Crippen LogP contribution in [0, 0.1) is 19.8 Å². The molecule has 1 saturated heterocycles. The number of aryl methyl sites for hydroxylation is 2. The molecular weight excluding hydrogens is 232 g/mol. The highest BCUT2D eigenvalue weighted by atomic mass is 15.2. The molecule has 0 spiro atoms. The Morgan fingerprint density at radius 2 is 1.89 bits per heavy atom. The summed E-state index contributed by atoms with van der Waals surface area (Å²) in [5, 5.41) is 0. The van der Waals surface area contributed by atoms with Gasteiger partial charge in [0, 0.05) is 18.6 Å². The lowest BCUT2D eigenvalue weighted by atomic mass is 9.93. The van der Waals surface area contributed by atoms with Gasteiger partial charge in [0.2, 0.25) is 0 Å². The van der Waals surface area contributed by atoms with Gasteiger partial charge in [-0.25, -0.2) is 0 Å². The molecule has 106 valence electrons. The molecule has 2 nitrogen and oxygen atoms in total. The maximum absolute atomic E-state index is 6.14. The van der Waals surface area contributed by atoms with Crippen LogP contribution in [0.15, 0.2) is 18.2 Å². The second kappa shape index (κ2) is 6.06. The Morgan fingerprint density at radius 1 is 1.26 bits per heavy atom. The van der Waals surface area contributed by atoms with Gasteiger partial charge in [-0.2, -0.15) is 0 Å². The number of likely N-dealkylation sites (tertiary alicyclic amines) is 1. The third-order valence-electron chi connectivity index (χ3n) is 4.61. The molecule has 1 aliphatic rings. The lowest BCUT2D eigenvalue weighted by Gasteiger charge is -2.36. The van der Waals surface area contributed by atoms with Crippen molar-refractivity contribution in [3.8, 4) is 0 Å². The number of hydrogen-bond acceptors (Lipinski definition) is 2. The first-order chi connectivity index (χ1) is 9.06. The van der Waals surface area contributed by atoms with Gasteiger partial charge in [0.15, 0.2) is 0 Å². The molecule has 0 saturated carbocycles. The van der Waals surface area contributed by atoms with Crippen molar-refractivity contribution in [1.29, 1.82) is 0 Å². The van der Waals surface area contributed by atoms with Crippen LogP contribution in [0.25, 0.3) is 0 Å². The maximum atomic E-state index is 6.14. The van der Waals surface area contributed by atoms with Crippen molar-refractivity contribution in [2.24, 2.45) is 11.7 Å². The minimum atomic E-state index is 0.385. The molecule has 0 bridgehead atoms. The summed E-state index contributed by atoms with van der Waals surface area (Å²) in [6, 6.07) is 7.64. The van der Waals surface area contributed by atoms with Crippen molar-refractivity contribution in [2.45, 2.75) is 52.6 Å². The summed E-state index contributed by atoms with van der Waals surface area (Å²) in [5.74, 6) is 0.709. The molecule has 19 heavy (non-hydrogen) atoms. The fourth-order valence-electron chi connectivity index (χ4n) is 3.69. The van der Waals surface area contributed by atoms with E-state index in [1.54, 1.807) is 0 Å². The third-order valence-corrected chi connectivity index (χ3v) is 4.61. The molecule has 2 heteroatoms. The summed E-state index contributed by atoms with van der Waals surface area (Å²) in [4.78, 5) is 2.65. The third kappa shape index (κ3) is 2.85. The van der Waals surface area contributed by atoms with E-state index in [4.69, 9.17) is 5.73 Å². The van der Waals surface area contributed by atoms with E-state index in [1.165, 1.54) is 36.1 Å². The highest BCUT2D eigenvalue weighted by Gasteiger charge is 2.33. The van der Waals surface area contributed by atoms with Gasteiger partial charge in [-0.1, -0.05) is 32.0 Å². The van der Waals surface area contributed by atoms with Gasteiger partial charge in [-0.3, -0.25) is 4.90 Å². The molecule has 2 rings (SSSR count). The average Bonchev–Trinajstić information content (AvgIpc) is 2.83. The van der Waals surface area contributed by atoms with Crippen LogP contribution in [0.2, 0.25) is 0 Å². The van der Waals surface area contributed by atoms with Crippen molar-refractivity contribution < 1.29 is 0 Å². The van der Waals surface area contributed by atoms with E-state index >= 15 is 0 Å². The minimum absolute atomic E-state index is 0.385. The van der Waals surface area contributed by atoms with Gasteiger partial charge < -0.3 is 5.73 Å². The largest absolute Gasteiger partial charge is 0.329 e. The van der Waals surface area contributed by atoms with E-state index in [-0.39, 0.29) is 0 Å². The molecule has 0 amide bonds. The Hall–Kier alpha value is -0.860. The van der Waals surface area contributed by atoms with Gasteiger partial charge in [-0.05, 0) is 55.8 Å². The monoisotopic (exact) mass is 260 g/mol. The van der Waals surface area contributed by atoms with Crippen LogP contribution in [0.1, 0.15) is 49.4 Å². The van der Waals surface area contributed by atoms with E-state index < -0.39 is 0 Å². The quantitative estimate of drug-likeness (QED) is 0.898. The van der Waals surface area contributed by atoms with Gasteiger partial charge in [-0.15, -0.1) is 0 Å². The number of nitrogens with two attached hydrogens (primary N) is 1. The normalized spacial score (nSPS) is 22.1. The zero-order valence-corrected chi connectivity index (χ0v) is 12.8. The highest BCUT2D eigenvalue weighted by Crippen LogP contribution is 2.34. The lowest BCUT2D eigenvalue weighted by Crippen LogP contribution is -2.40. The molecule has 1 aliphatic heterocycles. The van der Waals surface area contributed by atoms with E-state index in [2.05, 4.69) is 50.8 Å². The van der Waals surface area contributed by atoms with Crippen LogP contribution >= 0.6 is 0 Å². The smallest absolute Gasteiger partial charge is 0.0478 e. The molecule has 0 aromatic heterocycles. The number of benzene rings is 1. The Balaban J connectivity index is 2.34.